The van der Waals surface area contributed by atoms with E-state index in [1.807, 2.05) is 45.0 Å². The molecule has 2 rings (SSSR count). The van der Waals surface area contributed by atoms with Crippen LogP contribution in [0.1, 0.15) is 49.3 Å². The van der Waals surface area contributed by atoms with Gasteiger partial charge in [0.05, 0.1) is 13.7 Å². The minimum Gasteiger partial charge on any atom is -0.493 e. The maximum atomic E-state index is 12.3. The predicted octanol–water partition coefficient (Wildman–Crippen LogP) is 4.90. The Kier molecular flexibility index (Phi) is 10.7. The van der Waals surface area contributed by atoms with E-state index in [0.717, 1.165) is 29.7 Å². The van der Waals surface area contributed by atoms with Gasteiger partial charge in [-0.05, 0) is 67.7 Å². The van der Waals surface area contributed by atoms with Gasteiger partial charge in [-0.2, -0.15) is 5.26 Å². The van der Waals surface area contributed by atoms with Crippen molar-refractivity contribution in [1.29, 1.82) is 5.26 Å². The van der Waals surface area contributed by atoms with Crippen molar-refractivity contribution in [1.82, 2.24) is 5.32 Å². The van der Waals surface area contributed by atoms with Crippen molar-refractivity contribution in [3.05, 3.63) is 58.7 Å². The molecule has 180 valence electrons. The van der Waals surface area contributed by atoms with E-state index in [0.29, 0.717) is 30.9 Å². The van der Waals surface area contributed by atoms with Crippen LogP contribution in [0.25, 0.3) is 6.08 Å². The molecule has 0 unspecified atom stereocenters. The van der Waals surface area contributed by atoms with E-state index in [1.54, 1.807) is 18.2 Å². The summed E-state index contributed by atoms with van der Waals surface area (Å²) in [5, 5.41) is 12.0. The van der Waals surface area contributed by atoms with Crippen LogP contribution in [0.3, 0.4) is 0 Å². The predicted molar refractivity (Wildman–Crippen MR) is 131 cm³/mol. The van der Waals surface area contributed by atoms with Gasteiger partial charge in [0.25, 0.3) is 5.91 Å². The Balaban J connectivity index is 1.94. The number of nitrogens with one attached hydrogen (secondary N) is 1. The van der Waals surface area contributed by atoms with Crippen LogP contribution in [-0.2, 0) is 9.59 Å². The molecular formula is C27H32N2O5. The first-order valence-corrected chi connectivity index (χ1v) is 11.4. The number of ether oxygens (including phenoxy) is 3. The zero-order valence-corrected chi connectivity index (χ0v) is 20.3. The summed E-state index contributed by atoms with van der Waals surface area (Å²) in [5.41, 5.74) is 2.74. The number of carbonyl (C=O) groups excluding carboxylic acids is 2. The molecule has 0 aliphatic heterocycles. The molecule has 0 aliphatic carbocycles. The van der Waals surface area contributed by atoms with Crippen molar-refractivity contribution in [3.63, 3.8) is 0 Å². The van der Waals surface area contributed by atoms with E-state index < -0.39 is 11.9 Å². The zero-order valence-electron chi connectivity index (χ0n) is 20.3. The Morgan fingerprint density at radius 2 is 1.85 bits per heavy atom. The quantitative estimate of drug-likeness (QED) is 0.158. The lowest BCUT2D eigenvalue weighted by molar-refractivity contribution is -0.134. The average molecular weight is 465 g/mol. The monoisotopic (exact) mass is 464 g/mol. The van der Waals surface area contributed by atoms with Gasteiger partial charge in [-0.1, -0.05) is 31.5 Å². The van der Waals surface area contributed by atoms with Gasteiger partial charge >= 0.3 is 5.97 Å². The van der Waals surface area contributed by atoms with Crippen LogP contribution < -0.4 is 19.5 Å². The van der Waals surface area contributed by atoms with E-state index in [-0.39, 0.29) is 17.7 Å². The summed E-state index contributed by atoms with van der Waals surface area (Å²) in [6, 6.07) is 12.8. The summed E-state index contributed by atoms with van der Waals surface area (Å²) in [6.45, 7) is 6.92. The second-order valence-corrected chi connectivity index (χ2v) is 7.88. The number of nitrogens with zero attached hydrogens (tertiary/aromatic N) is 1. The molecule has 7 nitrogen and oxygen atoms in total. The molecule has 0 aliphatic rings. The Morgan fingerprint density at radius 3 is 2.56 bits per heavy atom. The summed E-state index contributed by atoms with van der Waals surface area (Å²) in [4.78, 5) is 24.5. The summed E-state index contributed by atoms with van der Waals surface area (Å²) in [7, 11) is 1.46. The molecular weight excluding hydrogens is 432 g/mol. The molecule has 0 radical (unpaired) electrons. The third-order valence-electron chi connectivity index (χ3n) is 5.03. The molecule has 0 atom stereocenters. The molecule has 0 bridgehead atoms. The van der Waals surface area contributed by atoms with Crippen molar-refractivity contribution in [2.24, 2.45) is 0 Å². The molecule has 0 heterocycles. The molecule has 2 aromatic rings. The largest absolute Gasteiger partial charge is 0.493 e. The SMILES string of the molecule is CCCCNC(=O)/C(C#N)=C/c1ccc(OC(=O)CCCOc2cc(C)ccc2C)c(OC)c1. The second kappa shape index (κ2) is 13.7. The van der Waals surface area contributed by atoms with E-state index in [1.165, 1.54) is 13.2 Å². The van der Waals surface area contributed by atoms with E-state index in [2.05, 4.69) is 5.32 Å². The van der Waals surface area contributed by atoms with Gasteiger partial charge in [0.2, 0.25) is 0 Å². The highest BCUT2D eigenvalue weighted by Gasteiger charge is 2.13. The highest BCUT2D eigenvalue weighted by molar-refractivity contribution is 6.01. The molecule has 34 heavy (non-hydrogen) atoms. The lowest BCUT2D eigenvalue weighted by atomic mass is 10.1. The number of esters is 1. The smallest absolute Gasteiger partial charge is 0.311 e. The van der Waals surface area contributed by atoms with Crippen molar-refractivity contribution < 1.29 is 23.8 Å². The number of rotatable bonds is 12. The topological polar surface area (TPSA) is 97.7 Å². The molecule has 0 saturated heterocycles. The highest BCUT2D eigenvalue weighted by Crippen LogP contribution is 2.29. The fourth-order valence-corrected chi connectivity index (χ4v) is 3.08. The Morgan fingerprint density at radius 1 is 1.06 bits per heavy atom. The standard InChI is InChI=1S/C27H32N2O5/c1-5-6-13-29-27(31)22(18-28)16-21-11-12-23(25(17-21)32-4)34-26(30)8-7-14-33-24-15-19(2)9-10-20(24)3/h9-12,15-17H,5-8,13-14H2,1-4H3,(H,29,31)/b22-16+. The normalized spacial score (nSPS) is 10.9. The highest BCUT2D eigenvalue weighted by atomic mass is 16.6. The third kappa shape index (κ3) is 8.28. The van der Waals surface area contributed by atoms with Crippen LogP contribution >= 0.6 is 0 Å². The van der Waals surface area contributed by atoms with Crippen LogP contribution in [0.4, 0.5) is 0 Å². The summed E-state index contributed by atoms with van der Waals surface area (Å²) < 4.78 is 16.6. The van der Waals surface area contributed by atoms with Gasteiger partial charge in [0.15, 0.2) is 11.5 Å². The second-order valence-electron chi connectivity index (χ2n) is 7.88. The first kappa shape index (κ1) is 26.5. The Labute approximate surface area is 201 Å². The van der Waals surface area contributed by atoms with E-state index in [9.17, 15) is 14.9 Å². The molecule has 7 heteroatoms. The number of aryl methyl sites for hydroxylation is 2. The van der Waals surface area contributed by atoms with E-state index >= 15 is 0 Å². The number of carbonyl (C=O) groups is 2. The average Bonchev–Trinajstić information content (AvgIpc) is 2.83. The van der Waals surface area contributed by atoms with Crippen molar-refractivity contribution >= 4 is 18.0 Å². The number of hydrogen-bond donors (Lipinski definition) is 1. The lowest BCUT2D eigenvalue weighted by Crippen LogP contribution is -2.25. The van der Waals surface area contributed by atoms with Gasteiger partial charge in [-0.25, -0.2) is 0 Å². The van der Waals surface area contributed by atoms with Crippen LogP contribution in [0.2, 0.25) is 0 Å². The molecule has 0 saturated carbocycles. The number of methoxy groups -OCH3 is 1. The van der Waals surface area contributed by atoms with Crippen LogP contribution in [0.15, 0.2) is 42.0 Å². The van der Waals surface area contributed by atoms with Crippen LogP contribution in [-0.4, -0.2) is 32.1 Å². The summed E-state index contributed by atoms with van der Waals surface area (Å²) in [5.74, 6) is 0.588. The number of amides is 1. The van der Waals surface area contributed by atoms with Crippen molar-refractivity contribution in [2.75, 3.05) is 20.3 Å². The number of unbranched alkanes of at least 4 members (excludes halogenated alkanes) is 1. The Hall–Kier alpha value is -3.79. The minimum absolute atomic E-state index is 0.00764. The third-order valence-corrected chi connectivity index (χ3v) is 5.03. The number of nitriles is 1. The fourth-order valence-electron chi connectivity index (χ4n) is 3.08. The van der Waals surface area contributed by atoms with Gasteiger partial charge in [0, 0.05) is 13.0 Å². The molecule has 0 spiro atoms. The Bertz CT molecular complexity index is 1070. The first-order valence-electron chi connectivity index (χ1n) is 11.4. The van der Waals surface area contributed by atoms with Crippen LogP contribution in [0, 0.1) is 25.2 Å². The van der Waals surface area contributed by atoms with E-state index in [4.69, 9.17) is 14.2 Å². The van der Waals surface area contributed by atoms with Crippen molar-refractivity contribution in [3.8, 4) is 23.3 Å². The van der Waals surface area contributed by atoms with Gasteiger partial charge < -0.3 is 19.5 Å². The summed E-state index contributed by atoms with van der Waals surface area (Å²) >= 11 is 0. The maximum absolute atomic E-state index is 12.3. The molecule has 2 aromatic carbocycles. The number of hydrogen-bond acceptors (Lipinski definition) is 6. The van der Waals surface area contributed by atoms with Crippen molar-refractivity contribution in [2.45, 2.75) is 46.5 Å². The summed E-state index contributed by atoms with van der Waals surface area (Å²) in [6.07, 6.45) is 3.96. The molecule has 0 aromatic heterocycles. The minimum atomic E-state index is -0.423. The van der Waals surface area contributed by atoms with Crippen LogP contribution in [0.5, 0.6) is 17.2 Å². The first-order chi connectivity index (χ1) is 16.4. The maximum Gasteiger partial charge on any atom is 0.311 e. The molecule has 1 N–H and O–H groups in total. The van der Waals surface area contributed by atoms with Gasteiger partial charge in [0.1, 0.15) is 17.4 Å². The van der Waals surface area contributed by atoms with Gasteiger partial charge in [-0.15, -0.1) is 0 Å². The zero-order chi connectivity index (χ0) is 24.9. The lowest BCUT2D eigenvalue weighted by Gasteiger charge is -2.11. The van der Waals surface area contributed by atoms with Gasteiger partial charge in [-0.3, -0.25) is 9.59 Å². The molecule has 0 fully saturated rings. The molecule has 1 amide bonds. The fraction of sp³-hybridized carbons (Fsp3) is 0.370. The number of benzene rings is 2.